The van der Waals surface area contributed by atoms with Gasteiger partial charge in [-0.3, -0.25) is 9.88 Å². The Morgan fingerprint density at radius 2 is 2.00 bits per heavy atom. The SMILES string of the molecule is CC.CN1CCNCC1c1ccncc1. The summed E-state index contributed by atoms with van der Waals surface area (Å²) in [5, 5.41) is 3.40. The van der Waals surface area contributed by atoms with E-state index in [1.54, 1.807) is 0 Å². The van der Waals surface area contributed by atoms with Gasteiger partial charge in [0.05, 0.1) is 0 Å². The van der Waals surface area contributed by atoms with Crippen LogP contribution in [0.5, 0.6) is 0 Å². The van der Waals surface area contributed by atoms with Crippen LogP contribution in [0, 0.1) is 0 Å². The highest BCUT2D eigenvalue weighted by molar-refractivity contribution is 5.16. The van der Waals surface area contributed by atoms with E-state index in [0.29, 0.717) is 6.04 Å². The van der Waals surface area contributed by atoms with E-state index in [1.165, 1.54) is 5.56 Å². The van der Waals surface area contributed by atoms with Gasteiger partial charge in [-0.15, -0.1) is 0 Å². The number of aromatic nitrogens is 1. The Morgan fingerprint density at radius 3 is 2.60 bits per heavy atom. The maximum absolute atomic E-state index is 4.03. The fourth-order valence-corrected chi connectivity index (χ4v) is 1.76. The van der Waals surface area contributed by atoms with Gasteiger partial charge >= 0.3 is 0 Å². The van der Waals surface area contributed by atoms with Crippen LogP contribution in [0.1, 0.15) is 25.5 Å². The number of rotatable bonds is 1. The molecule has 84 valence electrons. The molecule has 1 unspecified atom stereocenters. The number of likely N-dealkylation sites (N-methyl/N-ethyl adjacent to an activating group) is 1. The highest BCUT2D eigenvalue weighted by Crippen LogP contribution is 2.18. The summed E-state index contributed by atoms with van der Waals surface area (Å²) in [5.41, 5.74) is 1.35. The zero-order valence-electron chi connectivity index (χ0n) is 9.90. The molecule has 1 aliphatic heterocycles. The number of pyridine rings is 1. The average molecular weight is 207 g/mol. The molecule has 2 rings (SSSR count). The first-order chi connectivity index (χ1) is 7.38. The van der Waals surface area contributed by atoms with E-state index in [4.69, 9.17) is 0 Å². The highest BCUT2D eigenvalue weighted by atomic mass is 15.2. The van der Waals surface area contributed by atoms with Gasteiger partial charge in [-0.1, -0.05) is 13.8 Å². The van der Waals surface area contributed by atoms with Crippen molar-refractivity contribution in [2.75, 3.05) is 26.7 Å². The molecule has 3 heteroatoms. The molecular weight excluding hydrogens is 186 g/mol. The number of piperazine rings is 1. The standard InChI is InChI=1S/C10H15N3.C2H6/c1-13-7-6-12-8-10(13)9-2-4-11-5-3-9;1-2/h2-5,10,12H,6-8H2,1H3;1-2H3. The van der Waals surface area contributed by atoms with E-state index < -0.39 is 0 Å². The zero-order chi connectivity index (χ0) is 11.1. The Morgan fingerprint density at radius 1 is 1.33 bits per heavy atom. The van der Waals surface area contributed by atoms with Crippen molar-refractivity contribution in [1.82, 2.24) is 15.2 Å². The monoisotopic (exact) mass is 207 g/mol. The lowest BCUT2D eigenvalue weighted by molar-refractivity contribution is 0.202. The normalized spacial score (nSPS) is 21.7. The van der Waals surface area contributed by atoms with E-state index in [2.05, 4.69) is 34.4 Å². The topological polar surface area (TPSA) is 28.2 Å². The quantitative estimate of drug-likeness (QED) is 0.759. The number of hydrogen-bond donors (Lipinski definition) is 1. The lowest BCUT2D eigenvalue weighted by atomic mass is 10.1. The van der Waals surface area contributed by atoms with Crippen LogP contribution >= 0.6 is 0 Å². The Labute approximate surface area is 92.5 Å². The third kappa shape index (κ3) is 3.29. The summed E-state index contributed by atoms with van der Waals surface area (Å²) in [7, 11) is 2.17. The Kier molecular flexibility index (Phi) is 5.29. The molecule has 2 heterocycles. The van der Waals surface area contributed by atoms with Gasteiger partial charge in [0.2, 0.25) is 0 Å². The van der Waals surface area contributed by atoms with Crippen molar-refractivity contribution in [3.8, 4) is 0 Å². The number of nitrogens with zero attached hydrogens (tertiary/aromatic N) is 2. The Hall–Kier alpha value is -0.930. The van der Waals surface area contributed by atoms with Gasteiger partial charge in [-0.25, -0.2) is 0 Å². The molecule has 1 aromatic rings. The van der Waals surface area contributed by atoms with Crippen molar-refractivity contribution in [2.45, 2.75) is 19.9 Å². The first kappa shape index (κ1) is 12.1. The molecule has 1 atom stereocenters. The second-order valence-corrected chi connectivity index (χ2v) is 3.48. The van der Waals surface area contributed by atoms with Crippen molar-refractivity contribution in [3.05, 3.63) is 30.1 Å². The van der Waals surface area contributed by atoms with Crippen LogP contribution in [0.3, 0.4) is 0 Å². The average Bonchev–Trinajstić information content (AvgIpc) is 2.33. The van der Waals surface area contributed by atoms with Gasteiger partial charge in [0, 0.05) is 38.1 Å². The van der Waals surface area contributed by atoms with E-state index in [9.17, 15) is 0 Å². The summed E-state index contributed by atoms with van der Waals surface area (Å²) in [5.74, 6) is 0. The third-order valence-corrected chi connectivity index (χ3v) is 2.60. The van der Waals surface area contributed by atoms with Crippen LogP contribution in [0.2, 0.25) is 0 Å². The molecule has 0 amide bonds. The summed E-state index contributed by atoms with van der Waals surface area (Å²) in [6.45, 7) is 7.26. The molecule has 1 aromatic heterocycles. The summed E-state index contributed by atoms with van der Waals surface area (Å²) < 4.78 is 0. The summed E-state index contributed by atoms with van der Waals surface area (Å²) in [4.78, 5) is 6.41. The van der Waals surface area contributed by atoms with Gasteiger partial charge in [0.15, 0.2) is 0 Å². The Bertz CT molecular complexity index is 261. The molecule has 3 nitrogen and oxygen atoms in total. The van der Waals surface area contributed by atoms with Gasteiger partial charge in [0.25, 0.3) is 0 Å². The van der Waals surface area contributed by atoms with Gasteiger partial charge < -0.3 is 5.32 Å². The van der Waals surface area contributed by atoms with E-state index in [-0.39, 0.29) is 0 Å². The molecule has 0 aromatic carbocycles. The molecule has 0 radical (unpaired) electrons. The highest BCUT2D eigenvalue weighted by Gasteiger charge is 2.19. The van der Waals surface area contributed by atoms with Crippen molar-refractivity contribution in [2.24, 2.45) is 0 Å². The number of hydrogen-bond acceptors (Lipinski definition) is 3. The molecule has 1 fully saturated rings. The van der Waals surface area contributed by atoms with Crippen LogP contribution in [0.25, 0.3) is 0 Å². The van der Waals surface area contributed by atoms with E-state index in [0.717, 1.165) is 19.6 Å². The first-order valence-electron chi connectivity index (χ1n) is 5.69. The maximum Gasteiger partial charge on any atom is 0.0471 e. The van der Waals surface area contributed by atoms with Crippen molar-refractivity contribution in [1.29, 1.82) is 0 Å². The third-order valence-electron chi connectivity index (χ3n) is 2.60. The predicted octanol–water partition coefficient (Wildman–Crippen LogP) is 1.68. The van der Waals surface area contributed by atoms with Gasteiger partial charge in [-0.2, -0.15) is 0 Å². The van der Waals surface area contributed by atoms with Crippen LogP contribution in [0.4, 0.5) is 0 Å². The van der Waals surface area contributed by atoms with Crippen LogP contribution < -0.4 is 5.32 Å². The lowest BCUT2D eigenvalue weighted by Crippen LogP contribution is -2.43. The second kappa shape index (κ2) is 6.53. The van der Waals surface area contributed by atoms with Crippen LogP contribution in [-0.2, 0) is 0 Å². The second-order valence-electron chi connectivity index (χ2n) is 3.48. The molecule has 0 saturated carbocycles. The smallest absolute Gasteiger partial charge is 0.0471 e. The van der Waals surface area contributed by atoms with Crippen molar-refractivity contribution in [3.63, 3.8) is 0 Å². The molecule has 15 heavy (non-hydrogen) atoms. The van der Waals surface area contributed by atoms with Crippen molar-refractivity contribution >= 4 is 0 Å². The molecule has 0 spiro atoms. The van der Waals surface area contributed by atoms with Crippen LogP contribution in [-0.4, -0.2) is 36.6 Å². The molecular formula is C12H21N3. The summed E-state index contributed by atoms with van der Waals surface area (Å²) >= 11 is 0. The lowest BCUT2D eigenvalue weighted by Gasteiger charge is -2.33. The minimum absolute atomic E-state index is 0.511. The molecule has 1 aliphatic rings. The van der Waals surface area contributed by atoms with Crippen LogP contribution in [0.15, 0.2) is 24.5 Å². The first-order valence-corrected chi connectivity index (χ1v) is 5.69. The minimum Gasteiger partial charge on any atom is -0.314 e. The zero-order valence-corrected chi connectivity index (χ0v) is 9.90. The van der Waals surface area contributed by atoms with Gasteiger partial charge in [-0.05, 0) is 24.7 Å². The molecule has 1 saturated heterocycles. The van der Waals surface area contributed by atoms with Gasteiger partial charge in [0.1, 0.15) is 0 Å². The van der Waals surface area contributed by atoms with E-state index >= 15 is 0 Å². The Balaban J connectivity index is 0.000000531. The van der Waals surface area contributed by atoms with Crippen molar-refractivity contribution < 1.29 is 0 Å². The largest absolute Gasteiger partial charge is 0.314 e. The maximum atomic E-state index is 4.03. The minimum atomic E-state index is 0.511. The predicted molar refractivity (Wildman–Crippen MR) is 63.8 cm³/mol. The molecule has 1 N–H and O–H groups in total. The fourth-order valence-electron chi connectivity index (χ4n) is 1.76. The van der Waals surface area contributed by atoms with E-state index in [1.807, 2.05) is 26.2 Å². The fraction of sp³-hybridized carbons (Fsp3) is 0.583. The molecule has 0 bridgehead atoms. The summed E-state index contributed by atoms with van der Waals surface area (Å²) in [6.07, 6.45) is 3.72. The molecule has 0 aliphatic carbocycles. The summed E-state index contributed by atoms with van der Waals surface area (Å²) in [6, 6.07) is 4.69. The number of nitrogens with one attached hydrogen (secondary N) is 1.